The van der Waals surface area contributed by atoms with Crippen LogP contribution in [0.2, 0.25) is 5.02 Å². The standard InChI is InChI=1S/C24H29ClN4O3/c1-17-26-11-9-21(27-17)24(31)29-14-10-22(32-20-7-5-19(25)6-8-20)18(16-29)15-23(30)28-12-3-2-4-13-28/h5-9,11,18,22H,2-4,10,12-16H2,1H3/t18-,22-/m0/s1. The molecule has 0 radical (unpaired) electrons. The molecule has 2 amide bonds. The maximum Gasteiger partial charge on any atom is 0.272 e. The van der Waals surface area contributed by atoms with E-state index in [1.165, 1.54) is 6.42 Å². The Balaban J connectivity index is 1.49. The highest BCUT2D eigenvalue weighted by Crippen LogP contribution is 2.28. The van der Waals surface area contributed by atoms with Crippen LogP contribution in [0.5, 0.6) is 5.75 Å². The lowest BCUT2D eigenvalue weighted by Gasteiger charge is -2.39. The fraction of sp³-hybridized carbons (Fsp3) is 0.500. The van der Waals surface area contributed by atoms with Crippen molar-refractivity contribution in [3.8, 4) is 5.75 Å². The largest absolute Gasteiger partial charge is 0.490 e. The Morgan fingerprint density at radius 2 is 1.81 bits per heavy atom. The van der Waals surface area contributed by atoms with Gasteiger partial charge in [-0.25, -0.2) is 9.97 Å². The maximum absolute atomic E-state index is 13.1. The number of amides is 2. The van der Waals surface area contributed by atoms with Gasteiger partial charge in [0.05, 0.1) is 0 Å². The minimum absolute atomic E-state index is 0.0965. The zero-order chi connectivity index (χ0) is 22.5. The molecule has 2 aromatic rings. The van der Waals surface area contributed by atoms with Crippen LogP contribution in [0.1, 0.15) is 48.4 Å². The smallest absolute Gasteiger partial charge is 0.272 e. The number of likely N-dealkylation sites (tertiary alicyclic amines) is 2. The molecule has 0 unspecified atom stereocenters. The van der Waals surface area contributed by atoms with Gasteiger partial charge >= 0.3 is 0 Å². The summed E-state index contributed by atoms with van der Waals surface area (Å²) in [6, 6.07) is 8.90. The lowest BCUT2D eigenvalue weighted by atomic mass is 9.90. The number of carbonyl (C=O) groups excluding carboxylic acids is 2. The third-order valence-corrected chi connectivity index (χ3v) is 6.45. The molecular weight excluding hydrogens is 428 g/mol. The van der Waals surface area contributed by atoms with E-state index in [1.807, 2.05) is 17.0 Å². The summed E-state index contributed by atoms with van der Waals surface area (Å²) < 4.78 is 6.27. The summed E-state index contributed by atoms with van der Waals surface area (Å²) in [6.07, 6.45) is 5.75. The molecule has 2 saturated heterocycles. The van der Waals surface area contributed by atoms with E-state index in [2.05, 4.69) is 9.97 Å². The number of benzene rings is 1. The van der Waals surface area contributed by atoms with E-state index in [4.69, 9.17) is 16.3 Å². The van der Waals surface area contributed by atoms with Gasteiger partial charge in [-0.05, 0) is 56.5 Å². The van der Waals surface area contributed by atoms with Gasteiger partial charge in [-0.15, -0.1) is 0 Å². The predicted octanol–water partition coefficient (Wildman–Crippen LogP) is 3.75. The van der Waals surface area contributed by atoms with Crippen molar-refractivity contribution in [2.24, 2.45) is 5.92 Å². The Morgan fingerprint density at radius 1 is 1.06 bits per heavy atom. The molecule has 0 spiro atoms. The van der Waals surface area contributed by atoms with E-state index >= 15 is 0 Å². The summed E-state index contributed by atoms with van der Waals surface area (Å²) in [4.78, 5) is 38.2. The molecule has 2 atom stereocenters. The van der Waals surface area contributed by atoms with Crippen molar-refractivity contribution in [3.63, 3.8) is 0 Å². The van der Waals surface area contributed by atoms with E-state index in [0.717, 1.165) is 31.7 Å². The second-order valence-corrected chi connectivity index (χ2v) is 8.98. The monoisotopic (exact) mass is 456 g/mol. The second kappa shape index (κ2) is 10.3. The van der Waals surface area contributed by atoms with Crippen molar-refractivity contribution in [1.82, 2.24) is 19.8 Å². The number of hydrogen-bond acceptors (Lipinski definition) is 5. The molecular formula is C24H29ClN4O3. The number of ether oxygens (including phenoxy) is 1. The summed E-state index contributed by atoms with van der Waals surface area (Å²) in [6.45, 7) is 4.41. The van der Waals surface area contributed by atoms with Crippen LogP contribution in [-0.2, 0) is 4.79 Å². The molecule has 1 aromatic heterocycles. The van der Waals surface area contributed by atoms with Gasteiger partial charge in [0.1, 0.15) is 23.4 Å². The van der Waals surface area contributed by atoms with Gasteiger partial charge in [0, 0.05) is 56.2 Å². The highest BCUT2D eigenvalue weighted by molar-refractivity contribution is 6.30. The Bertz CT molecular complexity index is 947. The van der Waals surface area contributed by atoms with Gasteiger partial charge in [0.2, 0.25) is 5.91 Å². The van der Waals surface area contributed by atoms with Crippen LogP contribution >= 0.6 is 11.6 Å². The topological polar surface area (TPSA) is 75.6 Å². The Kier molecular flexibility index (Phi) is 7.25. The first-order valence-corrected chi connectivity index (χ1v) is 11.7. The molecule has 3 heterocycles. The number of carbonyl (C=O) groups is 2. The number of aryl methyl sites for hydroxylation is 1. The first-order chi connectivity index (χ1) is 15.5. The van der Waals surface area contributed by atoms with Crippen LogP contribution in [-0.4, -0.2) is 63.9 Å². The summed E-state index contributed by atoms with van der Waals surface area (Å²) in [5.41, 5.74) is 0.385. The normalized spacial score (nSPS) is 21.3. The molecule has 2 aliphatic heterocycles. The molecule has 2 fully saturated rings. The van der Waals surface area contributed by atoms with Crippen LogP contribution in [0, 0.1) is 12.8 Å². The number of hydrogen-bond donors (Lipinski definition) is 0. The van der Waals surface area contributed by atoms with E-state index in [-0.39, 0.29) is 23.8 Å². The molecule has 8 heteroatoms. The quantitative estimate of drug-likeness (QED) is 0.684. The molecule has 4 rings (SSSR count). The van der Waals surface area contributed by atoms with Crippen LogP contribution < -0.4 is 4.74 Å². The Hall–Kier alpha value is -2.67. The van der Waals surface area contributed by atoms with Gasteiger partial charge in [-0.2, -0.15) is 0 Å². The van der Waals surface area contributed by atoms with Crippen molar-refractivity contribution < 1.29 is 14.3 Å². The zero-order valence-electron chi connectivity index (χ0n) is 18.4. The molecule has 2 aliphatic rings. The molecule has 0 saturated carbocycles. The van der Waals surface area contributed by atoms with Crippen molar-refractivity contribution in [2.45, 2.75) is 45.1 Å². The van der Waals surface area contributed by atoms with Crippen molar-refractivity contribution in [2.75, 3.05) is 26.2 Å². The van der Waals surface area contributed by atoms with Gasteiger partial charge in [-0.1, -0.05) is 11.6 Å². The zero-order valence-corrected chi connectivity index (χ0v) is 19.1. The van der Waals surface area contributed by atoms with Crippen LogP contribution in [0.3, 0.4) is 0 Å². The van der Waals surface area contributed by atoms with Crippen LogP contribution in [0.15, 0.2) is 36.5 Å². The second-order valence-electron chi connectivity index (χ2n) is 8.54. The van der Waals surface area contributed by atoms with Gasteiger partial charge in [0.25, 0.3) is 5.91 Å². The van der Waals surface area contributed by atoms with E-state index in [9.17, 15) is 9.59 Å². The van der Waals surface area contributed by atoms with Crippen molar-refractivity contribution in [1.29, 1.82) is 0 Å². The first-order valence-electron chi connectivity index (χ1n) is 11.3. The fourth-order valence-electron chi connectivity index (χ4n) is 4.47. The molecule has 1 aromatic carbocycles. The molecule has 32 heavy (non-hydrogen) atoms. The van der Waals surface area contributed by atoms with Crippen molar-refractivity contribution >= 4 is 23.4 Å². The molecule has 170 valence electrons. The number of aromatic nitrogens is 2. The van der Waals surface area contributed by atoms with Crippen LogP contribution in [0.25, 0.3) is 0 Å². The van der Waals surface area contributed by atoms with E-state index in [1.54, 1.807) is 36.2 Å². The summed E-state index contributed by atoms with van der Waals surface area (Å²) in [5.74, 6) is 1.21. The van der Waals surface area contributed by atoms with Crippen molar-refractivity contribution in [3.05, 3.63) is 53.1 Å². The third kappa shape index (κ3) is 5.57. The Morgan fingerprint density at radius 3 is 2.53 bits per heavy atom. The number of nitrogens with zero attached hydrogens (tertiary/aromatic N) is 4. The minimum Gasteiger partial charge on any atom is -0.490 e. The van der Waals surface area contributed by atoms with Crippen LogP contribution in [0.4, 0.5) is 0 Å². The molecule has 7 nitrogen and oxygen atoms in total. The first kappa shape index (κ1) is 22.5. The van der Waals surface area contributed by atoms with Gasteiger partial charge < -0.3 is 14.5 Å². The van der Waals surface area contributed by atoms with E-state index in [0.29, 0.717) is 42.5 Å². The van der Waals surface area contributed by atoms with Gasteiger partial charge in [0.15, 0.2) is 0 Å². The highest BCUT2D eigenvalue weighted by Gasteiger charge is 2.36. The fourth-order valence-corrected chi connectivity index (χ4v) is 4.59. The summed E-state index contributed by atoms with van der Waals surface area (Å²) in [7, 11) is 0. The average Bonchev–Trinajstić information content (AvgIpc) is 2.81. The van der Waals surface area contributed by atoms with E-state index < -0.39 is 0 Å². The predicted molar refractivity (Wildman–Crippen MR) is 122 cm³/mol. The Labute approximate surface area is 193 Å². The summed E-state index contributed by atoms with van der Waals surface area (Å²) in [5, 5.41) is 0.648. The molecule has 0 N–H and O–H groups in total. The number of halogens is 1. The third-order valence-electron chi connectivity index (χ3n) is 6.19. The highest BCUT2D eigenvalue weighted by atomic mass is 35.5. The number of rotatable bonds is 5. The number of piperidine rings is 2. The SMILES string of the molecule is Cc1nccc(C(=O)N2CC[C@H](Oc3ccc(Cl)cc3)[C@@H](CC(=O)N3CCCCC3)C2)n1. The minimum atomic E-state index is -0.152. The summed E-state index contributed by atoms with van der Waals surface area (Å²) >= 11 is 6.00. The van der Waals surface area contributed by atoms with Gasteiger partial charge in [-0.3, -0.25) is 9.59 Å². The lowest BCUT2D eigenvalue weighted by Crippen LogP contribution is -2.50. The molecule has 0 aliphatic carbocycles. The maximum atomic E-state index is 13.1. The molecule has 0 bridgehead atoms. The lowest BCUT2D eigenvalue weighted by molar-refractivity contribution is -0.134. The average molecular weight is 457 g/mol.